The summed E-state index contributed by atoms with van der Waals surface area (Å²) in [5.41, 5.74) is 7.75. The normalized spacial score (nSPS) is 16.4. The van der Waals surface area contributed by atoms with Gasteiger partial charge >= 0.3 is 11.9 Å². The van der Waals surface area contributed by atoms with E-state index in [1.54, 1.807) is 0 Å². The second kappa shape index (κ2) is 18.5. The maximum atomic E-state index is 10.9. The highest BCUT2D eigenvalue weighted by Crippen LogP contribution is 2.51. The first-order valence-electron chi connectivity index (χ1n) is 21.3. The fourth-order valence-electron chi connectivity index (χ4n) is 9.47. The molecule has 0 aliphatic carbocycles. The molecule has 2 aliphatic rings. The highest BCUT2D eigenvalue weighted by atomic mass is 16.4. The van der Waals surface area contributed by atoms with Gasteiger partial charge < -0.3 is 15.1 Å². The van der Waals surface area contributed by atoms with Crippen LogP contribution in [0.4, 0.5) is 11.4 Å². The average molecular weight is 756 g/mol. The van der Waals surface area contributed by atoms with Crippen molar-refractivity contribution in [3.63, 3.8) is 0 Å². The van der Waals surface area contributed by atoms with E-state index in [4.69, 9.17) is 10.2 Å². The largest absolute Gasteiger partial charge is 0.481 e. The van der Waals surface area contributed by atoms with Crippen molar-refractivity contribution in [1.29, 1.82) is 0 Å². The third-order valence-electron chi connectivity index (χ3n) is 12.3. The summed E-state index contributed by atoms with van der Waals surface area (Å²) in [7, 11) is 0. The summed E-state index contributed by atoms with van der Waals surface area (Å²) in [4.78, 5) is 24.4. The fourth-order valence-corrected chi connectivity index (χ4v) is 9.47. The molecule has 0 fully saturated rings. The maximum absolute atomic E-state index is 10.9. The third-order valence-corrected chi connectivity index (χ3v) is 12.3. The van der Waals surface area contributed by atoms with Crippen LogP contribution in [0.25, 0.3) is 21.5 Å². The maximum Gasteiger partial charge on any atom is 0.303 e. The Hall–Kier alpha value is -4.71. The van der Waals surface area contributed by atoms with E-state index in [-0.39, 0.29) is 23.7 Å². The van der Waals surface area contributed by atoms with Crippen molar-refractivity contribution in [2.24, 2.45) is 0 Å². The molecule has 6 nitrogen and oxygen atoms in total. The number of rotatable bonds is 21. The predicted octanol–water partition coefficient (Wildman–Crippen LogP) is 12.6. The zero-order valence-corrected chi connectivity index (χ0v) is 34.3. The molecule has 2 N–H and O–H groups in total. The molecule has 6 heteroatoms. The van der Waals surface area contributed by atoms with Crippen molar-refractivity contribution in [3.8, 4) is 0 Å². The fraction of sp³-hybridized carbons (Fsp3) is 0.460. The summed E-state index contributed by atoms with van der Waals surface area (Å²) in [6, 6.07) is 26.8. The Kier molecular flexibility index (Phi) is 13.5. The number of carboxylic acids is 2. The van der Waals surface area contributed by atoms with Crippen LogP contribution in [0.2, 0.25) is 0 Å². The van der Waals surface area contributed by atoms with Crippen LogP contribution < -0.4 is 4.90 Å². The Labute approximate surface area is 334 Å². The van der Waals surface area contributed by atoms with Gasteiger partial charge in [0.25, 0.3) is 0 Å². The second-order valence-corrected chi connectivity index (χ2v) is 17.1. The van der Waals surface area contributed by atoms with E-state index >= 15 is 0 Å². The van der Waals surface area contributed by atoms with Gasteiger partial charge in [-0.2, -0.15) is 4.58 Å². The Morgan fingerprint density at radius 1 is 0.607 bits per heavy atom. The molecule has 296 valence electrons. The lowest BCUT2D eigenvalue weighted by Gasteiger charge is -2.27. The molecule has 0 unspecified atom stereocenters. The first kappa shape index (κ1) is 40.9. The van der Waals surface area contributed by atoms with Crippen molar-refractivity contribution in [3.05, 3.63) is 108 Å². The van der Waals surface area contributed by atoms with Crippen molar-refractivity contribution >= 4 is 50.6 Å². The van der Waals surface area contributed by atoms with Crippen molar-refractivity contribution in [1.82, 2.24) is 0 Å². The van der Waals surface area contributed by atoms with Gasteiger partial charge in [-0.15, -0.1) is 0 Å². The molecule has 0 amide bonds. The summed E-state index contributed by atoms with van der Waals surface area (Å²) in [6.07, 6.45) is 21.3. The number of fused-ring (bicyclic) bond motifs is 6. The van der Waals surface area contributed by atoms with E-state index < -0.39 is 11.9 Å². The Morgan fingerprint density at radius 2 is 1.12 bits per heavy atom. The number of anilines is 1. The molecule has 0 aromatic heterocycles. The summed E-state index contributed by atoms with van der Waals surface area (Å²) >= 11 is 0. The van der Waals surface area contributed by atoms with Crippen LogP contribution in [0.1, 0.15) is 135 Å². The molecule has 4 aromatic rings. The van der Waals surface area contributed by atoms with Crippen molar-refractivity contribution in [2.75, 3.05) is 18.0 Å². The van der Waals surface area contributed by atoms with Gasteiger partial charge in [0.1, 0.15) is 6.54 Å². The molecule has 4 aromatic carbocycles. The zero-order valence-electron chi connectivity index (χ0n) is 34.3. The molecule has 2 heterocycles. The number of carboxylic acid groups (broad SMARTS) is 2. The number of allylic oxidation sites excluding steroid dienone is 4. The van der Waals surface area contributed by atoms with Crippen LogP contribution in [-0.2, 0) is 20.4 Å². The molecule has 0 saturated heterocycles. The van der Waals surface area contributed by atoms with Crippen LogP contribution >= 0.6 is 0 Å². The number of aliphatic carboxylic acids is 2. The average Bonchev–Trinajstić information content (AvgIpc) is 3.53. The van der Waals surface area contributed by atoms with Crippen LogP contribution in [-0.4, -0.2) is 45.5 Å². The smallest absolute Gasteiger partial charge is 0.303 e. The standard InChI is InChI=1S/C50H62N2O4/c1-49(2)43(51(35-20-12-8-5-6-10-14-29-45(53)54)41-33-31-37-23-16-18-25-39(37)47(41)49)27-22-28-44-50(3,4)48-40-26-19-17-24-38(40)32-34-42(48)52(44)36-21-13-9-7-11-15-30-46(55)56/h16-19,22-28,31-34H,5-15,20-21,29-30,35-36H2,1-4H3,(H-,53,54,55,56)/p+1. The molecular formula is C50H63N2O4+. The lowest BCUT2D eigenvalue weighted by molar-refractivity contribution is -0.438. The van der Waals surface area contributed by atoms with Gasteiger partial charge in [0, 0.05) is 60.3 Å². The molecule has 6 rings (SSSR count). The summed E-state index contributed by atoms with van der Waals surface area (Å²) in [5.74, 6) is -1.39. The number of benzene rings is 4. The molecule has 0 bridgehead atoms. The summed E-state index contributed by atoms with van der Waals surface area (Å²) < 4.78 is 2.58. The quantitative estimate of drug-likeness (QED) is 0.0654. The van der Waals surface area contributed by atoms with Crippen molar-refractivity contribution < 1.29 is 24.4 Å². The lowest BCUT2D eigenvalue weighted by Crippen LogP contribution is -2.28. The van der Waals surface area contributed by atoms with Gasteiger partial charge in [0.15, 0.2) is 5.71 Å². The van der Waals surface area contributed by atoms with E-state index in [0.717, 1.165) is 90.1 Å². The van der Waals surface area contributed by atoms with Gasteiger partial charge in [-0.3, -0.25) is 9.59 Å². The second-order valence-electron chi connectivity index (χ2n) is 17.1. The molecule has 0 radical (unpaired) electrons. The van der Waals surface area contributed by atoms with Crippen molar-refractivity contribution in [2.45, 2.75) is 135 Å². The first-order chi connectivity index (χ1) is 27.0. The van der Waals surface area contributed by atoms with Crippen LogP contribution in [0.3, 0.4) is 0 Å². The number of hydrogen-bond donors (Lipinski definition) is 2. The van der Waals surface area contributed by atoms with Crippen LogP contribution in [0.5, 0.6) is 0 Å². The number of nitrogens with zero attached hydrogens (tertiary/aromatic N) is 2. The monoisotopic (exact) mass is 755 g/mol. The minimum atomic E-state index is -0.698. The first-order valence-corrected chi connectivity index (χ1v) is 21.3. The minimum Gasteiger partial charge on any atom is -0.481 e. The van der Waals surface area contributed by atoms with E-state index in [1.165, 1.54) is 61.9 Å². The van der Waals surface area contributed by atoms with E-state index in [1.807, 2.05) is 0 Å². The predicted molar refractivity (Wildman–Crippen MR) is 233 cm³/mol. The topological polar surface area (TPSA) is 80.9 Å². The number of carbonyl (C=O) groups is 2. The molecule has 0 spiro atoms. The highest BCUT2D eigenvalue weighted by Gasteiger charge is 2.45. The number of unbranched alkanes of at least 4 members (excludes halogenated alkanes) is 11. The van der Waals surface area contributed by atoms with Gasteiger partial charge in [-0.05, 0) is 84.8 Å². The Balaban J connectivity index is 1.26. The van der Waals surface area contributed by atoms with Gasteiger partial charge in [-0.1, -0.05) is 126 Å². The molecule has 2 aliphatic heterocycles. The SMILES string of the molecule is CC1(C)C(/C=C/C=C2\N(CCCCCCCCC(=O)O)c3ccc4ccccc4c3C2(C)C)=[N+](CCCCCCCCCC(=O)O)c2ccc3ccccc3c21. The molecular weight excluding hydrogens is 693 g/mol. The highest BCUT2D eigenvalue weighted by molar-refractivity contribution is 6.07. The Morgan fingerprint density at radius 3 is 1.73 bits per heavy atom. The van der Waals surface area contributed by atoms with Gasteiger partial charge in [-0.25, -0.2) is 0 Å². The summed E-state index contributed by atoms with van der Waals surface area (Å²) in [6.45, 7) is 11.5. The van der Waals surface area contributed by atoms with Crippen LogP contribution in [0, 0.1) is 0 Å². The third kappa shape index (κ3) is 9.12. The van der Waals surface area contributed by atoms with E-state index in [0.29, 0.717) is 0 Å². The van der Waals surface area contributed by atoms with Gasteiger partial charge in [0.05, 0.1) is 5.41 Å². The summed E-state index contributed by atoms with van der Waals surface area (Å²) in [5, 5.41) is 23.1. The molecule has 0 saturated carbocycles. The Bertz CT molecular complexity index is 2120. The van der Waals surface area contributed by atoms with E-state index in [9.17, 15) is 9.59 Å². The molecule has 56 heavy (non-hydrogen) atoms. The van der Waals surface area contributed by atoms with E-state index in [2.05, 4.69) is 128 Å². The van der Waals surface area contributed by atoms with Gasteiger partial charge in [0.2, 0.25) is 5.69 Å². The number of hydrogen-bond acceptors (Lipinski definition) is 3. The minimum absolute atomic E-state index is 0.177. The molecule has 0 atom stereocenters. The lowest BCUT2D eigenvalue weighted by atomic mass is 9.79. The zero-order chi connectivity index (χ0) is 39.7. The van der Waals surface area contributed by atoms with Crippen LogP contribution in [0.15, 0.2) is 96.7 Å².